The third-order valence-corrected chi connectivity index (χ3v) is 25.2. The Labute approximate surface area is 623 Å². The number of nitrogens with zero attached hydrogens (tertiary/aromatic N) is 8. The standard InChI is InChI=1S/C67H86N13O22P3S2/c1-67(2,107-106-41-95-27-5-3-4-19-71-65(84)72-20-6-11-45-37-80(62-55(45)61(68)74-39-75-62)54-36-52(97-40-76-77-69)53(99-54)38-98-104(89,90)102-105(91,92)101-103(86,87)88)18-28-96-66(85)73-22-30-94-32-31-93-29-21-70-63(81)44-16-17-46(64(82)83)49(35-44)56-50-33-42-12-7-23-78-25-9-14-47(57(42)78)59(50)100-60-48-15-10-26-79-24-8-13-43(58(48)79)34-51(56)60/h16-17,33-35,37,39,52-54H,3-5,7-10,12-15,18-32,36,38,40-41H2,1-2H3,(H10-,68,70,71,72,73,74,75,81,82,83,84,85,86,87,88,89,90,91,92)/p+1/t52-,53+,54?/m0/s1. The van der Waals surface area contributed by atoms with E-state index >= 15 is 0 Å². The molecule has 8 heterocycles. The van der Waals surface area contributed by atoms with Gasteiger partial charge in [-0.2, -0.15) is 8.62 Å². The Hall–Kier alpha value is -7.39. The number of aromatic carboxylic acids is 1. The highest BCUT2D eigenvalue weighted by Gasteiger charge is 2.45. The molecule has 0 radical (unpaired) electrons. The summed E-state index contributed by atoms with van der Waals surface area (Å²) in [5.41, 5.74) is 24.4. The second kappa shape index (κ2) is 36.9. The van der Waals surface area contributed by atoms with Crippen LogP contribution in [-0.4, -0.2) is 191 Å². The predicted molar refractivity (Wildman–Crippen MR) is 393 cm³/mol. The van der Waals surface area contributed by atoms with Crippen molar-refractivity contribution in [2.75, 3.05) is 122 Å². The first-order valence-corrected chi connectivity index (χ1v) is 41.9. The van der Waals surface area contributed by atoms with Gasteiger partial charge in [0.05, 0.1) is 74.4 Å². The highest BCUT2D eigenvalue weighted by atomic mass is 33.1. The molecule has 1 saturated heterocycles. The Kier molecular flexibility index (Phi) is 27.8. The molecule has 35 nitrogen and oxygen atoms in total. The number of carboxylic acids is 1. The zero-order valence-electron chi connectivity index (χ0n) is 59.0. The number of amides is 4. The Morgan fingerprint density at radius 2 is 1.59 bits per heavy atom. The number of carbonyl (C=O) groups is 4. The lowest BCUT2D eigenvalue weighted by Gasteiger charge is -2.39. The van der Waals surface area contributed by atoms with Crippen molar-refractivity contribution in [3.8, 4) is 23.3 Å². The molecule has 6 aliphatic rings. The predicted octanol–water partition coefficient (Wildman–Crippen LogP) is 6.97. The van der Waals surface area contributed by atoms with E-state index in [9.17, 15) is 47.8 Å². The number of carbonyl (C=O) groups excluding carboxylic acids is 3. The van der Waals surface area contributed by atoms with Crippen LogP contribution in [0, 0.1) is 11.8 Å². The van der Waals surface area contributed by atoms with Crippen LogP contribution in [-0.2, 0) is 80.9 Å². The SMILES string of the molecule is CC(C)(CCOC(=O)NCCOCCOCCNC(=O)c1ccc(C(=O)O)c(C2=c3cc4c5c(c3Oc3c2cc2c6c3CCCN6CCC2)CCC[N+]=5CCC4)c1)SSCOCCCCCNC(=O)NCC#Cc1cn(C2C[C@H](OCN=[N+]=[N-])[C@@H](COP(=O)(O)OP(=O)(O)OP(=O)(O)O)O2)c2ncnc(N)c12. The first-order valence-electron chi connectivity index (χ1n) is 35.1. The fraction of sp³-hybridized carbons (Fsp3) is 0.537. The van der Waals surface area contributed by atoms with Crippen LogP contribution in [0.5, 0.6) is 11.5 Å². The number of phosphoric ester groups is 1. The summed E-state index contributed by atoms with van der Waals surface area (Å²) in [7, 11) is -13.8. The minimum atomic E-state index is -5.80. The number of azide groups is 1. The van der Waals surface area contributed by atoms with Crippen LogP contribution in [0.3, 0.4) is 0 Å². The smallest absolute Gasteiger partial charge is 0.478 e. The molecule has 0 spiro atoms. The van der Waals surface area contributed by atoms with Crippen LogP contribution in [0.1, 0.15) is 138 Å². The van der Waals surface area contributed by atoms with Gasteiger partial charge >= 0.3 is 41.6 Å². The Bertz CT molecular complexity index is 4550. The van der Waals surface area contributed by atoms with Crippen molar-refractivity contribution in [2.45, 2.75) is 121 Å². The summed E-state index contributed by atoms with van der Waals surface area (Å²) in [5.74, 6) is 6.50. The summed E-state index contributed by atoms with van der Waals surface area (Å²) >= 11 is 0. The molecule has 578 valence electrons. The number of carboxylic acid groups (broad SMARTS) is 1. The fourth-order valence-electron chi connectivity index (χ4n) is 13.8. The highest BCUT2D eigenvalue weighted by Crippen LogP contribution is 2.66. The van der Waals surface area contributed by atoms with Crippen LogP contribution in [0.25, 0.3) is 27.0 Å². The molecule has 3 aromatic carbocycles. The highest BCUT2D eigenvalue weighted by molar-refractivity contribution is 8.77. The van der Waals surface area contributed by atoms with Crippen LogP contribution in [0.2, 0.25) is 0 Å². The third-order valence-electron chi connectivity index (χ3n) is 18.4. The van der Waals surface area contributed by atoms with Crippen molar-refractivity contribution >= 4 is 97.2 Å². The van der Waals surface area contributed by atoms with Gasteiger partial charge in [0.2, 0.25) is 5.36 Å². The van der Waals surface area contributed by atoms with E-state index < -0.39 is 73.3 Å². The number of nitrogens with one attached hydrogen (secondary N) is 4. The maximum Gasteiger partial charge on any atom is 0.490 e. The minimum absolute atomic E-state index is 0.0216. The molecule has 11 rings (SSSR count). The molecular formula is C67H87N13O22P3S2+. The molecule has 0 bridgehead atoms. The molecule has 5 aromatic rings. The first-order chi connectivity index (χ1) is 51.4. The molecule has 0 saturated carbocycles. The number of anilines is 2. The van der Waals surface area contributed by atoms with Gasteiger partial charge in [-0.05, 0) is 125 Å². The summed E-state index contributed by atoms with van der Waals surface area (Å²) < 4.78 is 92.9. The summed E-state index contributed by atoms with van der Waals surface area (Å²) in [5, 5.41) is 27.7. The summed E-state index contributed by atoms with van der Waals surface area (Å²) in [6.45, 7) is 9.25. The Balaban J connectivity index is 0.529. The van der Waals surface area contributed by atoms with Crippen molar-refractivity contribution in [3.05, 3.63) is 114 Å². The topological polar surface area (TPSA) is 473 Å². The number of benzene rings is 3. The molecule has 107 heavy (non-hydrogen) atoms. The number of rotatable bonds is 37. The number of hydrogen-bond acceptors (Lipinski definition) is 24. The van der Waals surface area contributed by atoms with E-state index in [4.69, 9.17) is 58.7 Å². The van der Waals surface area contributed by atoms with Gasteiger partial charge in [-0.25, -0.2) is 42.6 Å². The molecule has 2 aromatic heterocycles. The van der Waals surface area contributed by atoms with Gasteiger partial charge in [0.25, 0.3) is 5.91 Å². The zero-order valence-corrected chi connectivity index (χ0v) is 63.3. The Morgan fingerprint density at radius 1 is 0.832 bits per heavy atom. The van der Waals surface area contributed by atoms with Gasteiger partial charge in [-0.1, -0.05) is 38.5 Å². The number of nitrogens with two attached hydrogens (primary N) is 1. The van der Waals surface area contributed by atoms with Crippen molar-refractivity contribution in [3.63, 3.8) is 0 Å². The lowest BCUT2D eigenvalue weighted by Crippen LogP contribution is -2.45. The number of phosphoric acid groups is 3. The minimum Gasteiger partial charge on any atom is -0.478 e. The monoisotopic (exact) mass is 1580 g/mol. The molecule has 3 unspecified atom stereocenters. The van der Waals surface area contributed by atoms with Gasteiger partial charge < -0.3 is 94.3 Å². The maximum atomic E-state index is 13.9. The van der Waals surface area contributed by atoms with E-state index in [2.05, 4.69) is 97.2 Å². The molecule has 4 amide bonds. The van der Waals surface area contributed by atoms with Crippen LogP contribution in [0.15, 0.2) is 48.0 Å². The number of alkyl carbamates (subject to hydrolysis) is 1. The molecule has 5 atom stereocenters. The number of aryl methyl sites for hydroxylation is 2. The number of urea groups is 1. The van der Waals surface area contributed by atoms with Gasteiger partial charge in [0.15, 0.2) is 0 Å². The zero-order chi connectivity index (χ0) is 75.9. The lowest BCUT2D eigenvalue weighted by molar-refractivity contribution is -0.0582. The van der Waals surface area contributed by atoms with Crippen LogP contribution in [0.4, 0.5) is 21.1 Å². The summed E-state index contributed by atoms with van der Waals surface area (Å²) in [6.07, 6.45) is 9.50. The van der Waals surface area contributed by atoms with Gasteiger partial charge in [-0.15, -0.1) is 0 Å². The molecule has 6 aliphatic heterocycles. The number of fused-ring (bicyclic) bond motifs is 5. The second-order valence-electron chi connectivity index (χ2n) is 26.4. The maximum absolute atomic E-state index is 13.9. The number of hydrogen-bond donors (Lipinski definition) is 10. The quantitative estimate of drug-likeness (QED) is 0.00217. The average molecular weight is 1580 g/mol. The fourth-order valence-corrected chi connectivity index (χ4v) is 19.1. The van der Waals surface area contributed by atoms with E-state index in [-0.39, 0.29) is 86.8 Å². The number of aromatic nitrogens is 3. The van der Waals surface area contributed by atoms with Gasteiger partial charge in [0.1, 0.15) is 67.4 Å². The van der Waals surface area contributed by atoms with Gasteiger partial charge in [0, 0.05) is 113 Å². The number of ether oxygens (including phenoxy) is 7. The molecule has 1 fully saturated rings. The second-order valence-corrected chi connectivity index (χ2v) is 33.8. The first kappa shape index (κ1) is 80.6. The lowest BCUT2D eigenvalue weighted by atomic mass is 9.81. The van der Waals surface area contributed by atoms with E-state index in [0.717, 1.165) is 118 Å². The average Bonchev–Trinajstić information content (AvgIpc) is 1.32. The van der Waals surface area contributed by atoms with E-state index in [0.29, 0.717) is 54.0 Å². The number of unbranched alkanes of at least 4 members (excludes halogenated alkanes) is 2. The third kappa shape index (κ3) is 21.4. The van der Waals surface area contributed by atoms with Crippen molar-refractivity contribution < 1.29 is 104 Å². The van der Waals surface area contributed by atoms with Crippen molar-refractivity contribution in [1.29, 1.82) is 0 Å². The van der Waals surface area contributed by atoms with Crippen molar-refractivity contribution in [2.24, 2.45) is 5.11 Å². The van der Waals surface area contributed by atoms with Crippen LogP contribution >= 0.6 is 45.1 Å². The van der Waals surface area contributed by atoms with Gasteiger partial charge in [-0.3, -0.25) is 9.32 Å². The van der Waals surface area contributed by atoms with E-state index in [1.54, 1.807) is 39.8 Å². The molecule has 0 aliphatic carbocycles. The summed E-state index contributed by atoms with van der Waals surface area (Å²) in [6, 6.07) is 8.86. The summed E-state index contributed by atoms with van der Waals surface area (Å²) in [4.78, 5) is 103. The van der Waals surface area contributed by atoms with E-state index in [1.165, 1.54) is 50.4 Å². The number of nitrogen functional groups attached to an aromatic ring is 1. The normalized spacial score (nSPS) is 18.2. The molecule has 40 heteroatoms. The Morgan fingerprint density at radius 3 is 2.36 bits per heavy atom. The molecular weight excluding hydrogens is 1500 g/mol. The van der Waals surface area contributed by atoms with Crippen LogP contribution < -0.4 is 51.8 Å². The largest absolute Gasteiger partial charge is 0.490 e. The molecule has 11 N–H and O–H groups in total. The van der Waals surface area contributed by atoms with E-state index in [1.807, 2.05) is 0 Å². The van der Waals surface area contributed by atoms with Crippen molar-refractivity contribution in [1.82, 2.24) is 40.4 Å².